The van der Waals surface area contributed by atoms with Gasteiger partial charge in [-0.2, -0.15) is 0 Å². The normalized spacial score (nSPS) is 11.6. The molecule has 25 heavy (non-hydrogen) atoms. The van der Waals surface area contributed by atoms with E-state index in [9.17, 15) is 4.79 Å². The highest BCUT2D eigenvalue weighted by molar-refractivity contribution is 5.86. The second-order valence-corrected chi connectivity index (χ2v) is 5.65. The third-order valence-electron chi connectivity index (χ3n) is 4.00. The standard InChI is InChI=1S/C20H19N3O2/c24-20(23-25)19(16-4-2-1-3-5-16)17-6-8-18(9-7-17)22-14-15-10-12-21-13-11-15/h1-13,19,22,25H,14H2,(H,23,24). The zero-order valence-electron chi connectivity index (χ0n) is 13.6. The van der Waals surface area contributed by atoms with Crippen molar-refractivity contribution in [3.05, 3.63) is 95.8 Å². The van der Waals surface area contributed by atoms with Crippen molar-refractivity contribution in [2.75, 3.05) is 5.32 Å². The molecule has 1 atom stereocenters. The Bertz CT molecular complexity index is 805. The molecule has 2 aromatic carbocycles. The molecular weight excluding hydrogens is 314 g/mol. The number of aromatic nitrogens is 1. The van der Waals surface area contributed by atoms with Gasteiger partial charge >= 0.3 is 0 Å². The van der Waals surface area contributed by atoms with E-state index in [1.165, 1.54) is 0 Å². The number of rotatable bonds is 6. The van der Waals surface area contributed by atoms with E-state index in [1.54, 1.807) is 17.9 Å². The number of carbonyl (C=O) groups is 1. The average Bonchev–Trinajstić information content (AvgIpc) is 2.69. The molecule has 0 saturated heterocycles. The lowest BCUT2D eigenvalue weighted by Gasteiger charge is -2.16. The maximum Gasteiger partial charge on any atom is 0.255 e. The van der Waals surface area contributed by atoms with Crippen molar-refractivity contribution in [3.63, 3.8) is 0 Å². The molecule has 0 radical (unpaired) electrons. The summed E-state index contributed by atoms with van der Waals surface area (Å²) in [5.74, 6) is -1.01. The second-order valence-electron chi connectivity index (χ2n) is 5.65. The second kappa shape index (κ2) is 8.08. The van der Waals surface area contributed by atoms with Crippen LogP contribution in [0, 0.1) is 0 Å². The molecule has 0 spiro atoms. The summed E-state index contributed by atoms with van der Waals surface area (Å²) in [7, 11) is 0. The van der Waals surface area contributed by atoms with E-state index in [0.717, 1.165) is 22.4 Å². The number of nitrogens with zero attached hydrogens (tertiary/aromatic N) is 1. The molecular formula is C20H19N3O2. The first kappa shape index (κ1) is 16.7. The Balaban J connectivity index is 1.76. The molecule has 1 amide bonds. The van der Waals surface area contributed by atoms with Crippen molar-refractivity contribution in [1.82, 2.24) is 10.5 Å². The summed E-state index contributed by atoms with van der Waals surface area (Å²) >= 11 is 0. The molecule has 3 aromatic rings. The van der Waals surface area contributed by atoms with Gasteiger partial charge in [0.1, 0.15) is 0 Å². The van der Waals surface area contributed by atoms with E-state index in [2.05, 4.69) is 10.3 Å². The van der Waals surface area contributed by atoms with Crippen LogP contribution in [0.15, 0.2) is 79.1 Å². The van der Waals surface area contributed by atoms with Gasteiger partial charge < -0.3 is 5.32 Å². The van der Waals surface area contributed by atoms with Crippen LogP contribution < -0.4 is 10.8 Å². The van der Waals surface area contributed by atoms with Gasteiger partial charge in [0, 0.05) is 24.6 Å². The van der Waals surface area contributed by atoms with Crippen molar-refractivity contribution in [3.8, 4) is 0 Å². The van der Waals surface area contributed by atoms with Gasteiger partial charge in [0.2, 0.25) is 0 Å². The summed E-state index contributed by atoms with van der Waals surface area (Å²) in [6, 6.07) is 20.9. The number of carbonyl (C=O) groups excluding carboxylic acids is 1. The Labute approximate surface area is 146 Å². The molecule has 0 bridgehead atoms. The topological polar surface area (TPSA) is 74.2 Å². The molecule has 0 aliphatic rings. The molecule has 1 aromatic heterocycles. The van der Waals surface area contributed by atoms with Crippen molar-refractivity contribution in [2.45, 2.75) is 12.5 Å². The fraction of sp³-hybridized carbons (Fsp3) is 0.100. The van der Waals surface area contributed by atoms with Gasteiger partial charge in [-0.25, -0.2) is 5.48 Å². The number of hydrogen-bond acceptors (Lipinski definition) is 4. The number of pyridine rings is 1. The van der Waals surface area contributed by atoms with Gasteiger partial charge in [-0.05, 0) is 41.0 Å². The Morgan fingerprint density at radius 3 is 2.20 bits per heavy atom. The number of anilines is 1. The molecule has 3 N–H and O–H groups in total. The third-order valence-corrected chi connectivity index (χ3v) is 4.00. The average molecular weight is 333 g/mol. The number of nitrogens with one attached hydrogen (secondary N) is 2. The fourth-order valence-electron chi connectivity index (χ4n) is 2.70. The maximum absolute atomic E-state index is 12.1. The first-order chi connectivity index (χ1) is 12.3. The highest BCUT2D eigenvalue weighted by Crippen LogP contribution is 2.26. The minimum absolute atomic E-state index is 0.455. The van der Waals surface area contributed by atoms with Crippen LogP contribution in [0.5, 0.6) is 0 Å². The predicted molar refractivity (Wildman–Crippen MR) is 96.2 cm³/mol. The highest BCUT2D eigenvalue weighted by atomic mass is 16.5. The molecule has 0 fully saturated rings. The zero-order chi connectivity index (χ0) is 17.5. The Morgan fingerprint density at radius 1 is 0.920 bits per heavy atom. The van der Waals surface area contributed by atoms with E-state index in [-0.39, 0.29) is 0 Å². The quantitative estimate of drug-likeness (QED) is 0.478. The van der Waals surface area contributed by atoms with Crippen LogP contribution in [0.4, 0.5) is 5.69 Å². The van der Waals surface area contributed by atoms with Gasteiger partial charge in [-0.3, -0.25) is 15.0 Å². The number of hydrogen-bond donors (Lipinski definition) is 3. The van der Waals surface area contributed by atoms with Crippen molar-refractivity contribution < 1.29 is 10.0 Å². The number of benzene rings is 2. The molecule has 1 unspecified atom stereocenters. The number of hydroxylamine groups is 1. The molecule has 0 aliphatic carbocycles. The van der Waals surface area contributed by atoms with Crippen LogP contribution in [0.25, 0.3) is 0 Å². The first-order valence-electron chi connectivity index (χ1n) is 7.99. The summed E-state index contributed by atoms with van der Waals surface area (Å²) < 4.78 is 0. The van der Waals surface area contributed by atoms with E-state index >= 15 is 0 Å². The van der Waals surface area contributed by atoms with E-state index in [4.69, 9.17) is 5.21 Å². The maximum atomic E-state index is 12.1. The largest absolute Gasteiger partial charge is 0.381 e. The smallest absolute Gasteiger partial charge is 0.255 e. The Morgan fingerprint density at radius 2 is 1.56 bits per heavy atom. The molecule has 0 saturated carbocycles. The summed E-state index contributed by atoms with van der Waals surface area (Å²) in [6.07, 6.45) is 3.52. The molecule has 1 heterocycles. The highest BCUT2D eigenvalue weighted by Gasteiger charge is 2.22. The van der Waals surface area contributed by atoms with Crippen molar-refractivity contribution in [2.24, 2.45) is 0 Å². The van der Waals surface area contributed by atoms with Crippen LogP contribution in [-0.4, -0.2) is 16.1 Å². The van der Waals surface area contributed by atoms with Gasteiger partial charge in [0.25, 0.3) is 5.91 Å². The van der Waals surface area contributed by atoms with Gasteiger partial charge in [0.05, 0.1) is 5.92 Å². The fourth-order valence-corrected chi connectivity index (χ4v) is 2.70. The lowest BCUT2D eigenvalue weighted by Crippen LogP contribution is -2.27. The molecule has 5 nitrogen and oxygen atoms in total. The van der Waals surface area contributed by atoms with Crippen LogP contribution in [0.3, 0.4) is 0 Å². The summed E-state index contributed by atoms with van der Waals surface area (Å²) in [5.41, 5.74) is 5.50. The lowest BCUT2D eigenvalue weighted by molar-refractivity contribution is -0.129. The Hall–Kier alpha value is -3.18. The van der Waals surface area contributed by atoms with Gasteiger partial charge in [0.15, 0.2) is 0 Å². The van der Waals surface area contributed by atoms with Gasteiger partial charge in [-0.1, -0.05) is 42.5 Å². The van der Waals surface area contributed by atoms with Crippen LogP contribution in [0.2, 0.25) is 0 Å². The molecule has 5 heteroatoms. The van der Waals surface area contributed by atoms with E-state index in [1.807, 2.05) is 66.7 Å². The SMILES string of the molecule is O=C(NO)C(c1ccccc1)c1ccc(NCc2ccncc2)cc1. The number of amides is 1. The third kappa shape index (κ3) is 4.22. The van der Waals surface area contributed by atoms with Gasteiger partial charge in [-0.15, -0.1) is 0 Å². The molecule has 0 aliphatic heterocycles. The molecule has 126 valence electrons. The monoisotopic (exact) mass is 333 g/mol. The van der Waals surface area contributed by atoms with Crippen LogP contribution in [0.1, 0.15) is 22.6 Å². The predicted octanol–water partition coefficient (Wildman–Crippen LogP) is 3.33. The van der Waals surface area contributed by atoms with E-state index in [0.29, 0.717) is 6.54 Å². The minimum atomic E-state index is -0.555. The van der Waals surface area contributed by atoms with E-state index < -0.39 is 11.8 Å². The summed E-state index contributed by atoms with van der Waals surface area (Å²) in [6.45, 7) is 0.696. The zero-order valence-corrected chi connectivity index (χ0v) is 13.6. The lowest BCUT2D eigenvalue weighted by atomic mass is 9.90. The summed E-state index contributed by atoms with van der Waals surface area (Å²) in [5, 5.41) is 12.4. The first-order valence-corrected chi connectivity index (χ1v) is 7.99. The Kier molecular flexibility index (Phi) is 5.39. The summed E-state index contributed by atoms with van der Waals surface area (Å²) in [4.78, 5) is 16.1. The van der Waals surface area contributed by atoms with Crippen molar-refractivity contribution in [1.29, 1.82) is 0 Å². The van der Waals surface area contributed by atoms with Crippen LogP contribution >= 0.6 is 0 Å². The minimum Gasteiger partial charge on any atom is -0.381 e. The molecule has 3 rings (SSSR count). The van der Waals surface area contributed by atoms with Crippen LogP contribution in [-0.2, 0) is 11.3 Å². The van der Waals surface area contributed by atoms with Crippen molar-refractivity contribution >= 4 is 11.6 Å².